The Morgan fingerprint density at radius 1 is 1.04 bits per heavy atom. The van der Waals surface area contributed by atoms with Gasteiger partial charge in [-0.15, -0.1) is 0 Å². The van der Waals surface area contributed by atoms with E-state index >= 15 is 0 Å². The molecule has 0 radical (unpaired) electrons. The summed E-state index contributed by atoms with van der Waals surface area (Å²) in [5.41, 5.74) is 3.45. The van der Waals surface area contributed by atoms with Crippen molar-refractivity contribution in [2.75, 3.05) is 6.54 Å². The SMILES string of the molecule is CC(C)[C@@H]1C=Cc2ccccc2[C@H]1CCNC(=O)c1ccccc1. The van der Waals surface area contributed by atoms with Crippen LogP contribution in [0.1, 0.15) is 47.7 Å². The highest BCUT2D eigenvalue weighted by Gasteiger charge is 2.27. The summed E-state index contributed by atoms with van der Waals surface area (Å²) in [6.45, 7) is 5.25. The third kappa shape index (κ3) is 3.59. The second kappa shape index (κ2) is 7.48. The van der Waals surface area contributed by atoms with Crippen LogP contribution in [0.25, 0.3) is 6.08 Å². The molecule has 24 heavy (non-hydrogen) atoms. The van der Waals surface area contributed by atoms with Crippen molar-refractivity contribution >= 4 is 12.0 Å². The van der Waals surface area contributed by atoms with Crippen molar-refractivity contribution in [2.24, 2.45) is 11.8 Å². The Morgan fingerprint density at radius 2 is 1.75 bits per heavy atom. The average molecular weight is 319 g/mol. The van der Waals surface area contributed by atoms with Crippen molar-refractivity contribution < 1.29 is 4.79 Å². The number of benzene rings is 2. The lowest BCUT2D eigenvalue weighted by atomic mass is 9.73. The lowest BCUT2D eigenvalue weighted by Gasteiger charge is -2.32. The van der Waals surface area contributed by atoms with Gasteiger partial charge in [-0.25, -0.2) is 0 Å². The van der Waals surface area contributed by atoms with Gasteiger partial charge in [0.2, 0.25) is 0 Å². The molecule has 0 saturated heterocycles. The van der Waals surface area contributed by atoms with Crippen LogP contribution in [0.3, 0.4) is 0 Å². The average Bonchev–Trinajstić information content (AvgIpc) is 2.62. The van der Waals surface area contributed by atoms with E-state index in [1.165, 1.54) is 11.1 Å². The maximum Gasteiger partial charge on any atom is 0.251 e. The second-order valence-electron chi connectivity index (χ2n) is 6.83. The number of carbonyl (C=O) groups excluding carboxylic acids is 1. The lowest BCUT2D eigenvalue weighted by molar-refractivity contribution is 0.0951. The Bertz CT molecular complexity index is 718. The molecule has 0 heterocycles. The van der Waals surface area contributed by atoms with Crippen LogP contribution in [0.15, 0.2) is 60.7 Å². The van der Waals surface area contributed by atoms with Crippen LogP contribution in [-0.4, -0.2) is 12.5 Å². The summed E-state index contributed by atoms with van der Waals surface area (Å²) in [4.78, 5) is 12.2. The summed E-state index contributed by atoms with van der Waals surface area (Å²) in [5.74, 6) is 1.58. The molecule has 0 aliphatic heterocycles. The first-order valence-corrected chi connectivity index (χ1v) is 8.77. The van der Waals surface area contributed by atoms with Gasteiger partial charge in [0.25, 0.3) is 5.91 Å². The molecule has 2 aromatic carbocycles. The van der Waals surface area contributed by atoms with Crippen LogP contribution in [-0.2, 0) is 0 Å². The number of amides is 1. The van der Waals surface area contributed by atoms with E-state index in [0.29, 0.717) is 24.3 Å². The molecule has 0 fully saturated rings. The highest BCUT2D eigenvalue weighted by Crippen LogP contribution is 2.39. The zero-order valence-electron chi connectivity index (χ0n) is 14.4. The van der Waals surface area contributed by atoms with E-state index < -0.39 is 0 Å². The maximum absolute atomic E-state index is 12.2. The van der Waals surface area contributed by atoms with Crippen molar-refractivity contribution in [3.8, 4) is 0 Å². The van der Waals surface area contributed by atoms with E-state index in [4.69, 9.17) is 0 Å². The molecule has 0 bridgehead atoms. The number of rotatable bonds is 5. The number of allylic oxidation sites excluding steroid dienone is 1. The first-order chi connectivity index (χ1) is 11.7. The summed E-state index contributed by atoms with van der Waals surface area (Å²) < 4.78 is 0. The van der Waals surface area contributed by atoms with Crippen molar-refractivity contribution in [3.05, 3.63) is 77.4 Å². The number of hydrogen-bond donors (Lipinski definition) is 1. The van der Waals surface area contributed by atoms with Crippen molar-refractivity contribution in [2.45, 2.75) is 26.2 Å². The van der Waals surface area contributed by atoms with Crippen LogP contribution in [0.2, 0.25) is 0 Å². The maximum atomic E-state index is 12.2. The highest BCUT2D eigenvalue weighted by molar-refractivity contribution is 5.94. The Kier molecular flexibility index (Phi) is 5.14. The molecule has 1 N–H and O–H groups in total. The summed E-state index contributed by atoms with van der Waals surface area (Å²) in [6.07, 6.45) is 5.55. The fraction of sp³-hybridized carbons (Fsp3) is 0.318. The molecular formula is C22H25NO. The summed E-state index contributed by atoms with van der Waals surface area (Å²) in [5, 5.41) is 3.07. The second-order valence-corrected chi connectivity index (χ2v) is 6.83. The molecule has 0 spiro atoms. The number of hydrogen-bond acceptors (Lipinski definition) is 1. The molecule has 0 aromatic heterocycles. The summed E-state index contributed by atoms with van der Waals surface area (Å²) in [6, 6.07) is 18.0. The fourth-order valence-corrected chi connectivity index (χ4v) is 3.62. The zero-order valence-corrected chi connectivity index (χ0v) is 14.4. The topological polar surface area (TPSA) is 29.1 Å². The molecule has 3 rings (SSSR count). The van der Waals surface area contributed by atoms with Gasteiger partial charge in [0, 0.05) is 12.1 Å². The van der Waals surface area contributed by atoms with E-state index in [9.17, 15) is 4.79 Å². The molecule has 0 saturated carbocycles. The third-order valence-corrected chi connectivity index (χ3v) is 4.90. The van der Waals surface area contributed by atoms with Crippen LogP contribution in [0, 0.1) is 11.8 Å². The molecule has 1 amide bonds. The summed E-state index contributed by atoms with van der Waals surface area (Å²) in [7, 11) is 0. The quantitative estimate of drug-likeness (QED) is 0.835. The molecule has 0 unspecified atom stereocenters. The van der Waals surface area contributed by atoms with Gasteiger partial charge in [-0.05, 0) is 47.4 Å². The molecule has 2 heteroatoms. The van der Waals surface area contributed by atoms with Gasteiger partial charge in [-0.2, -0.15) is 0 Å². The van der Waals surface area contributed by atoms with Crippen molar-refractivity contribution in [1.82, 2.24) is 5.32 Å². The minimum Gasteiger partial charge on any atom is -0.352 e. The van der Waals surface area contributed by atoms with Crippen LogP contribution >= 0.6 is 0 Å². The lowest BCUT2D eigenvalue weighted by Crippen LogP contribution is -2.28. The first kappa shape index (κ1) is 16.5. The van der Waals surface area contributed by atoms with Gasteiger partial charge >= 0.3 is 0 Å². The molecular weight excluding hydrogens is 294 g/mol. The minimum atomic E-state index is 0.0105. The molecule has 2 atom stereocenters. The predicted octanol–water partition coefficient (Wildman–Crippen LogP) is 4.89. The Morgan fingerprint density at radius 3 is 2.50 bits per heavy atom. The van der Waals surface area contributed by atoms with Crippen LogP contribution < -0.4 is 5.32 Å². The largest absolute Gasteiger partial charge is 0.352 e. The molecule has 2 nitrogen and oxygen atoms in total. The number of fused-ring (bicyclic) bond motifs is 1. The predicted molar refractivity (Wildman–Crippen MR) is 99.9 cm³/mol. The van der Waals surface area contributed by atoms with Crippen LogP contribution in [0.4, 0.5) is 0 Å². The zero-order chi connectivity index (χ0) is 16.9. The Balaban J connectivity index is 1.68. The smallest absolute Gasteiger partial charge is 0.251 e. The van der Waals surface area contributed by atoms with Gasteiger partial charge in [-0.1, -0.05) is 68.5 Å². The van der Waals surface area contributed by atoms with Crippen LogP contribution in [0.5, 0.6) is 0 Å². The third-order valence-electron chi connectivity index (χ3n) is 4.90. The van der Waals surface area contributed by atoms with E-state index in [1.54, 1.807) is 0 Å². The van der Waals surface area contributed by atoms with Gasteiger partial charge in [-0.3, -0.25) is 4.79 Å². The van der Waals surface area contributed by atoms with Gasteiger partial charge in [0.15, 0.2) is 0 Å². The van der Waals surface area contributed by atoms with Gasteiger partial charge in [0.05, 0.1) is 0 Å². The number of nitrogens with one attached hydrogen (secondary N) is 1. The molecule has 1 aliphatic carbocycles. The molecule has 2 aromatic rings. The fourth-order valence-electron chi connectivity index (χ4n) is 3.62. The Labute approximate surface area is 144 Å². The monoisotopic (exact) mass is 319 g/mol. The normalized spacial score (nSPS) is 19.1. The Hall–Kier alpha value is -2.35. The van der Waals surface area contributed by atoms with Gasteiger partial charge < -0.3 is 5.32 Å². The summed E-state index contributed by atoms with van der Waals surface area (Å²) >= 11 is 0. The van der Waals surface area contributed by atoms with Gasteiger partial charge in [0.1, 0.15) is 0 Å². The first-order valence-electron chi connectivity index (χ1n) is 8.77. The number of carbonyl (C=O) groups is 1. The van der Waals surface area contributed by atoms with E-state index in [2.05, 4.69) is 55.6 Å². The van der Waals surface area contributed by atoms with E-state index in [0.717, 1.165) is 12.0 Å². The van der Waals surface area contributed by atoms with E-state index in [1.807, 2.05) is 30.3 Å². The molecule has 1 aliphatic rings. The standard InChI is InChI=1S/C22H25NO/c1-16(2)19-13-12-17-8-6-7-11-20(17)21(19)14-15-23-22(24)18-9-4-3-5-10-18/h3-13,16,19,21H,14-15H2,1-2H3,(H,23,24)/t19-,21-/m0/s1. The molecule has 124 valence electrons. The highest BCUT2D eigenvalue weighted by atomic mass is 16.1. The van der Waals surface area contributed by atoms with Crippen molar-refractivity contribution in [3.63, 3.8) is 0 Å². The van der Waals surface area contributed by atoms with E-state index in [-0.39, 0.29) is 5.91 Å². The minimum absolute atomic E-state index is 0.0105. The van der Waals surface area contributed by atoms with Crippen molar-refractivity contribution in [1.29, 1.82) is 0 Å².